The van der Waals surface area contributed by atoms with Crippen molar-refractivity contribution in [1.29, 1.82) is 0 Å². The molecule has 0 fully saturated rings. The zero-order valence-electron chi connectivity index (χ0n) is 9.86. The highest BCUT2D eigenvalue weighted by molar-refractivity contribution is 6.08. The van der Waals surface area contributed by atoms with Crippen LogP contribution in [0.4, 0.5) is 0 Å². The van der Waals surface area contributed by atoms with Gasteiger partial charge in [0.05, 0.1) is 11.6 Å². The molecule has 0 spiro atoms. The van der Waals surface area contributed by atoms with Crippen LogP contribution in [-0.4, -0.2) is 29.2 Å². The maximum Gasteiger partial charge on any atom is 0.251 e. The van der Waals surface area contributed by atoms with Crippen molar-refractivity contribution in [1.82, 2.24) is 5.01 Å². The van der Waals surface area contributed by atoms with Gasteiger partial charge in [0, 0.05) is 6.04 Å². The molecular formula is C11H21N3O. The Labute approximate surface area is 91.5 Å². The van der Waals surface area contributed by atoms with Crippen LogP contribution in [0.3, 0.4) is 0 Å². The Kier molecular flexibility index (Phi) is 4.27. The molecule has 0 aliphatic carbocycles. The average Bonchev–Trinajstić information content (AvgIpc) is 2.47. The number of hydrogen-bond donors (Lipinski definition) is 1. The summed E-state index contributed by atoms with van der Waals surface area (Å²) in [4.78, 5) is 12.0. The zero-order valence-corrected chi connectivity index (χ0v) is 9.86. The molecule has 1 unspecified atom stereocenters. The van der Waals surface area contributed by atoms with E-state index >= 15 is 0 Å². The molecule has 0 bridgehead atoms. The maximum atomic E-state index is 12.0. The zero-order chi connectivity index (χ0) is 11.4. The van der Waals surface area contributed by atoms with Crippen LogP contribution in [0, 0.1) is 5.92 Å². The highest BCUT2D eigenvalue weighted by Gasteiger charge is 2.35. The summed E-state index contributed by atoms with van der Waals surface area (Å²) >= 11 is 0. The van der Waals surface area contributed by atoms with Gasteiger partial charge in [-0.05, 0) is 33.2 Å². The van der Waals surface area contributed by atoms with E-state index in [1.165, 1.54) is 0 Å². The van der Waals surface area contributed by atoms with Crippen LogP contribution in [-0.2, 0) is 4.79 Å². The summed E-state index contributed by atoms with van der Waals surface area (Å²) in [5, 5.41) is 6.01. The number of nitrogens with zero attached hydrogens (tertiary/aromatic N) is 2. The molecule has 1 rings (SSSR count). The van der Waals surface area contributed by atoms with E-state index in [4.69, 9.17) is 5.73 Å². The third-order valence-corrected chi connectivity index (χ3v) is 2.61. The van der Waals surface area contributed by atoms with Crippen molar-refractivity contribution in [2.75, 3.05) is 6.54 Å². The van der Waals surface area contributed by atoms with Gasteiger partial charge in [-0.1, -0.05) is 13.3 Å². The second kappa shape index (κ2) is 5.26. The van der Waals surface area contributed by atoms with E-state index in [1.807, 2.05) is 13.8 Å². The van der Waals surface area contributed by atoms with E-state index in [0.717, 1.165) is 25.0 Å². The molecule has 4 heteroatoms. The second-order valence-electron chi connectivity index (χ2n) is 4.25. The number of hydrogen-bond acceptors (Lipinski definition) is 3. The van der Waals surface area contributed by atoms with Crippen molar-refractivity contribution in [2.24, 2.45) is 16.8 Å². The van der Waals surface area contributed by atoms with Crippen LogP contribution < -0.4 is 5.73 Å². The molecule has 1 aliphatic rings. The Hall–Kier alpha value is -0.900. The molecule has 0 radical (unpaired) electrons. The van der Waals surface area contributed by atoms with Crippen LogP contribution >= 0.6 is 0 Å². The minimum atomic E-state index is -0.0580. The fraction of sp³-hybridized carbons (Fsp3) is 0.818. The van der Waals surface area contributed by atoms with Crippen LogP contribution in [0.1, 0.15) is 40.0 Å². The van der Waals surface area contributed by atoms with Gasteiger partial charge in [0.15, 0.2) is 0 Å². The smallest absolute Gasteiger partial charge is 0.251 e. The summed E-state index contributed by atoms with van der Waals surface area (Å²) in [7, 11) is 0. The standard InChI is InChI=1S/C11H21N3O/c1-4-5-10-9(6-7-12)11(15)14(13-10)8(2)3/h8-9H,4-7,12H2,1-3H3. The Morgan fingerprint density at radius 1 is 1.53 bits per heavy atom. The lowest BCUT2D eigenvalue weighted by atomic mass is 9.96. The predicted molar refractivity (Wildman–Crippen MR) is 61.5 cm³/mol. The van der Waals surface area contributed by atoms with Crippen molar-refractivity contribution in [2.45, 2.75) is 46.1 Å². The summed E-state index contributed by atoms with van der Waals surface area (Å²) in [6.07, 6.45) is 2.65. The van der Waals surface area contributed by atoms with Gasteiger partial charge in [0.1, 0.15) is 0 Å². The summed E-state index contributed by atoms with van der Waals surface area (Å²) in [5.74, 6) is 0.0660. The van der Waals surface area contributed by atoms with Gasteiger partial charge >= 0.3 is 0 Å². The lowest BCUT2D eigenvalue weighted by Gasteiger charge is -2.17. The molecule has 4 nitrogen and oxygen atoms in total. The van der Waals surface area contributed by atoms with Crippen LogP contribution in [0.25, 0.3) is 0 Å². The molecule has 0 aromatic rings. The molecule has 15 heavy (non-hydrogen) atoms. The monoisotopic (exact) mass is 211 g/mol. The molecule has 0 saturated heterocycles. The lowest BCUT2D eigenvalue weighted by Crippen LogP contribution is -2.33. The molecule has 0 aromatic carbocycles. The third kappa shape index (κ3) is 2.56. The SMILES string of the molecule is CCCC1=NN(C(C)C)C(=O)C1CCN. The van der Waals surface area contributed by atoms with Crippen molar-refractivity contribution >= 4 is 11.6 Å². The van der Waals surface area contributed by atoms with Gasteiger partial charge in [-0.2, -0.15) is 5.10 Å². The Bertz CT molecular complexity index is 261. The lowest BCUT2D eigenvalue weighted by molar-refractivity contribution is -0.133. The Morgan fingerprint density at radius 3 is 2.67 bits per heavy atom. The number of amides is 1. The summed E-state index contributed by atoms with van der Waals surface area (Å²) < 4.78 is 0. The van der Waals surface area contributed by atoms with Gasteiger partial charge in [-0.25, -0.2) is 5.01 Å². The van der Waals surface area contributed by atoms with Crippen molar-refractivity contribution in [3.8, 4) is 0 Å². The van der Waals surface area contributed by atoms with E-state index in [1.54, 1.807) is 5.01 Å². The first kappa shape index (κ1) is 12.2. The molecule has 1 heterocycles. The van der Waals surface area contributed by atoms with E-state index in [2.05, 4.69) is 12.0 Å². The molecule has 0 saturated carbocycles. The summed E-state index contributed by atoms with van der Waals surface area (Å²) in [6.45, 7) is 6.61. The average molecular weight is 211 g/mol. The van der Waals surface area contributed by atoms with Crippen molar-refractivity contribution in [3.63, 3.8) is 0 Å². The fourth-order valence-corrected chi connectivity index (χ4v) is 1.87. The van der Waals surface area contributed by atoms with Gasteiger partial charge in [-0.3, -0.25) is 4.79 Å². The summed E-state index contributed by atoms with van der Waals surface area (Å²) in [5.41, 5.74) is 6.54. The molecular weight excluding hydrogens is 190 g/mol. The molecule has 0 aromatic heterocycles. The first-order chi connectivity index (χ1) is 7.11. The Balaban J connectivity index is 2.79. The highest BCUT2D eigenvalue weighted by Crippen LogP contribution is 2.23. The number of hydrazone groups is 1. The van der Waals surface area contributed by atoms with E-state index in [9.17, 15) is 4.79 Å². The van der Waals surface area contributed by atoms with Gasteiger partial charge < -0.3 is 5.73 Å². The molecule has 1 amide bonds. The first-order valence-electron chi connectivity index (χ1n) is 5.72. The van der Waals surface area contributed by atoms with E-state index in [0.29, 0.717) is 6.54 Å². The van der Waals surface area contributed by atoms with E-state index < -0.39 is 0 Å². The van der Waals surface area contributed by atoms with Crippen LogP contribution in [0.15, 0.2) is 5.10 Å². The summed E-state index contributed by atoms with van der Waals surface area (Å²) in [6, 6.07) is 0.145. The predicted octanol–water partition coefficient (Wildman–Crippen LogP) is 1.36. The minimum absolute atomic E-state index is 0.0580. The van der Waals surface area contributed by atoms with Crippen LogP contribution in [0.5, 0.6) is 0 Å². The number of rotatable bonds is 5. The van der Waals surface area contributed by atoms with Crippen molar-refractivity contribution < 1.29 is 4.79 Å². The number of nitrogens with two attached hydrogens (primary N) is 1. The van der Waals surface area contributed by atoms with Gasteiger partial charge in [-0.15, -0.1) is 0 Å². The number of carbonyl (C=O) groups excluding carboxylic acids is 1. The molecule has 2 N–H and O–H groups in total. The first-order valence-corrected chi connectivity index (χ1v) is 5.72. The van der Waals surface area contributed by atoms with Gasteiger partial charge in [0.2, 0.25) is 0 Å². The molecule has 1 atom stereocenters. The maximum absolute atomic E-state index is 12.0. The second-order valence-corrected chi connectivity index (χ2v) is 4.25. The van der Waals surface area contributed by atoms with Gasteiger partial charge in [0.25, 0.3) is 5.91 Å². The van der Waals surface area contributed by atoms with Crippen molar-refractivity contribution in [3.05, 3.63) is 0 Å². The highest BCUT2D eigenvalue weighted by atomic mass is 16.2. The Morgan fingerprint density at radius 2 is 2.20 bits per heavy atom. The quantitative estimate of drug-likeness (QED) is 0.746. The van der Waals surface area contributed by atoms with E-state index in [-0.39, 0.29) is 17.9 Å². The normalized spacial score (nSPS) is 21.4. The minimum Gasteiger partial charge on any atom is -0.330 e. The largest absolute Gasteiger partial charge is 0.330 e. The third-order valence-electron chi connectivity index (χ3n) is 2.61. The fourth-order valence-electron chi connectivity index (χ4n) is 1.87. The number of carbonyl (C=O) groups is 1. The topological polar surface area (TPSA) is 58.7 Å². The molecule has 86 valence electrons. The molecule has 1 aliphatic heterocycles. The van der Waals surface area contributed by atoms with Crippen LogP contribution in [0.2, 0.25) is 0 Å².